The van der Waals surface area contributed by atoms with Crippen molar-refractivity contribution in [1.82, 2.24) is 15.5 Å². The van der Waals surface area contributed by atoms with E-state index in [1.807, 2.05) is 19.1 Å². The zero-order valence-corrected chi connectivity index (χ0v) is 11.6. The van der Waals surface area contributed by atoms with Crippen LogP contribution in [0.5, 0.6) is 0 Å². The molecule has 0 spiro atoms. The van der Waals surface area contributed by atoms with Crippen LogP contribution in [0.3, 0.4) is 0 Å². The summed E-state index contributed by atoms with van der Waals surface area (Å²) in [7, 11) is 0. The first kappa shape index (κ1) is 13.1. The van der Waals surface area contributed by atoms with Gasteiger partial charge >= 0.3 is 0 Å². The Morgan fingerprint density at radius 2 is 2.05 bits per heavy atom. The van der Waals surface area contributed by atoms with Crippen molar-refractivity contribution in [3.63, 3.8) is 0 Å². The van der Waals surface area contributed by atoms with Gasteiger partial charge in [-0.05, 0) is 26.0 Å². The van der Waals surface area contributed by atoms with E-state index in [1.165, 1.54) is 6.07 Å². The van der Waals surface area contributed by atoms with Gasteiger partial charge in [-0.2, -0.15) is 5.10 Å². The van der Waals surface area contributed by atoms with Gasteiger partial charge in [0.05, 0.1) is 0 Å². The Hall–Kier alpha value is -1.88. The van der Waals surface area contributed by atoms with Gasteiger partial charge < -0.3 is 10.2 Å². The number of nitrogens with one attached hydrogen (secondary N) is 2. The first-order chi connectivity index (χ1) is 9.77. The highest BCUT2D eigenvalue weighted by Gasteiger charge is 2.21. The van der Waals surface area contributed by atoms with Gasteiger partial charge in [-0.1, -0.05) is 18.2 Å². The molecule has 5 heteroatoms. The van der Waals surface area contributed by atoms with E-state index in [0.29, 0.717) is 5.56 Å². The van der Waals surface area contributed by atoms with Gasteiger partial charge in [0.1, 0.15) is 5.82 Å². The second-order valence-corrected chi connectivity index (χ2v) is 5.12. The molecule has 106 valence electrons. The normalized spacial score (nSPS) is 16.2. The summed E-state index contributed by atoms with van der Waals surface area (Å²) in [6.07, 6.45) is 1.07. The molecule has 2 heterocycles. The number of anilines is 1. The van der Waals surface area contributed by atoms with E-state index in [2.05, 4.69) is 20.4 Å². The van der Waals surface area contributed by atoms with Crippen molar-refractivity contribution in [2.24, 2.45) is 0 Å². The summed E-state index contributed by atoms with van der Waals surface area (Å²) in [4.78, 5) is 2.23. The molecule has 1 fully saturated rings. The van der Waals surface area contributed by atoms with Gasteiger partial charge in [-0.3, -0.25) is 5.10 Å². The molecule has 1 aliphatic heterocycles. The van der Waals surface area contributed by atoms with Gasteiger partial charge in [0, 0.05) is 36.5 Å². The molecule has 2 N–H and O–H groups in total. The van der Waals surface area contributed by atoms with Crippen LogP contribution in [0.25, 0.3) is 11.1 Å². The van der Waals surface area contributed by atoms with E-state index in [9.17, 15) is 4.39 Å². The fraction of sp³-hybridized carbons (Fsp3) is 0.400. The lowest BCUT2D eigenvalue weighted by atomic mass is 10.0. The van der Waals surface area contributed by atoms with E-state index >= 15 is 0 Å². The van der Waals surface area contributed by atoms with Crippen LogP contribution < -0.4 is 10.2 Å². The zero-order chi connectivity index (χ0) is 13.9. The largest absolute Gasteiger partial charge is 0.353 e. The molecule has 0 amide bonds. The number of halogens is 1. The first-order valence-corrected chi connectivity index (χ1v) is 7.03. The van der Waals surface area contributed by atoms with E-state index in [-0.39, 0.29) is 5.82 Å². The molecule has 0 unspecified atom stereocenters. The number of benzene rings is 1. The van der Waals surface area contributed by atoms with Crippen LogP contribution in [0.15, 0.2) is 24.3 Å². The van der Waals surface area contributed by atoms with Crippen LogP contribution in [0.2, 0.25) is 0 Å². The maximum atomic E-state index is 14.1. The monoisotopic (exact) mass is 274 g/mol. The number of aromatic amines is 1. The van der Waals surface area contributed by atoms with Crippen LogP contribution >= 0.6 is 0 Å². The third-order valence-electron chi connectivity index (χ3n) is 3.71. The molecule has 1 saturated heterocycles. The van der Waals surface area contributed by atoms with E-state index < -0.39 is 0 Å². The van der Waals surface area contributed by atoms with Crippen LogP contribution in [0, 0.1) is 12.7 Å². The Morgan fingerprint density at radius 1 is 1.20 bits per heavy atom. The number of hydrogen-bond donors (Lipinski definition) is 2. The standard InChI is InChI=1S/C15H19FN4/c1-11-14(12-5-2-3-6-13(12)16)15(19-18-11)20-9-4-7-17-8-10-20/h2-3,5-6,17H,4,7-10H2,1H3,(H,18,19). The van der Waals surface area contributed by atoms with Crippen molar-refractivity contribution < 1.29 is 4.39 Å². The first-order valence-electron chi connectivity index (χ1n) is 7.03. The molecular formula is C15H19FN4. The Balaban J connectivity index is 2.03. The average Bonchev–Trinajstić information content (AvgIpc) is 2.67. The second-order valence-electron chi connectivity index (χ2n) is 5.12. The van der Waals surface area contributed by atoms with Crippen molar-refractivity contribution in [2.75, 3.05) is 31.1 Å². The second kappa shape index (κ2) is 5.63. The molecule has 1 aliphatic rings. The molecule has 1 aromatic heterocycles. The quantitative estimate of drug-likeness (QED) is 0.883. The van der Waals surface area contributed by atoms with Crippen molar-refractivity contribution in [1.29, 1.82) is 0 Å². The maximum Gasteiger partial charge on any atom is 0.158 e. The fourth-order valence-corrected chi connectivity index (χ4v) is 2.69. The van der Waals surface area contributed by atoms with Crippen molar-refractivity contribution in [2.45, 2.75) is 13.3 Å². The summed E-state index contributed by atoms with van der Waals surface area (Å²) < 4.78 is 14.1. The predicted octanol–water partition coefficient (Wildman–Crippen LogP) is 2.32. The number of aromatic nitrogens is 2. The van der Waals surface area contributed by atoms with Crippen LogP contribution in [-0.2, 0) is 0 Å². The van der Waals surface area contributed by atoms with E-state index in [1.54, 1.807) is 6.07 Å². The highest BCUT2D eigenvalue weighted by atomic mass is 19.1. The average molecular weight is 274 g/mol. The van der Waals surface area contributed by atoms with Crippen molar-refractivity contribution in [3.05, 3.63) is 35.8 Å². The third kappa shape index (κ3) is 2.41. The summed E-state index contributed by atoms with van der Waals surface area (Å²) in [5, 5.41) is 10.8. The number of aryl methyl sites for hydroxylation is 1. The fourth-order valence-electron chi connectivity index (χ4n) is 2.69. The van der Waals surface area contributed by atoms with Gasteiger partial charge in [-0.15, -0.1) is 0 Å². The molecule has 0 atom stereocenters. The lowest BCUT2D eigenvalue weighted by molar-refractivity contribution is 0.631. The molecule has 2 aromatic rings. The Bertz CT molecular complexity index is 585. The Morgan fingerprint density at radius 3 is 2.90 bits per heavy atom. The number of rotatable bonds is 2. The molecule has 0 aliphatic carbocycles. The third-order valence-corrected chi connectivity index (χ3v) is 3.71. The molecule has 0 saturated carbocycles. The summed E-state index contributed by atoms with van der Waals surface area (Å²) in [6, 6.07) is 6.88. The van der Waals surface area contributed by atoms with E-state index in [0.717, 1.165) is 49.7 Å². The number of nitrogens with zero attached hydrogens (tertiary/aromatic N) is 2. The molecule has 1 aromatic carbocycles. The Labute approximate surface area is 118 Å². The smallest absolute Gasteiger partial charge is 0.158 e. The summed E-state index contributed by atoms with van der Waals surface area (Å²) in [5.74, 6) is 0.655. The number of hydrogen-bond acceptors (Lipinski definition) is 3. The van der Waals surface area contributed by atoms with Gasteiger partial charge in [0.2, 0.25) is 0 Å². The van der Waals surface area contributed by atoms with Crippen LogP contribution in [0.1, 0.15) is 12.1 Å². The zero-order valence-electron chi connectivity index (χ0n) is 11.6. The SMILES string of the molecule is Cc1[nH]nc(N2CCCNCC2)c1-c1ccccc1F. The van der Waals surface area contributed by atoms with Crippen molar-refractivity contribution >= 4 is 5.82 Å². The summed E-state index contributed by atoms with van der Waals surface area (Å²) in [6.45, 7) is 5.73. The summed E-state index contributed by atoms with van der Waals surface area (Å²) in [5.41, 5.74) is 2.40. The highest BCUT2D eigenvalue weighted by molar-refractivity contribution is 5.78. The minimum Gasteiger partial charge on any atom is -0.353 e. The van der Waals surface area contributed by atoms with Crippen molar-refractivity contribution in [3.8, 4) is 11.1 Å². The number of H-pyrrole nitrogens is 1. The van der Waals surface area contributed by atoms with Gasteiger partial charge in [-0.25, -0.2) is 4.39 Å². The molecule has 20 heavy (non-hydrogen) atoms. The van der Waals surface area contributed by atoms with Crippen LogP contribution in [0.4, 0.5) is 10.2 Å². The molecule has 4 nitrogen and oxygen atoms in total. The molecule has 3 rings (SSSR count). The molecule has 0 bridgehead atoms. The summed E-state index contributed by atoms with van der Waals surface area (Å²) >= 11 is 0. The van der Waals surface area contributed by atoms with Crippen LogP contribution in [-0.4, -0.2) is 36.4 Å². The maximum absolute atomic E-state index is 14.1. The van der Waals surface area contributed by atoms with Gasteiger partial charge in [0.15, 0.2) is 5.82 Å². The minimum absolute atomic E-state index is 0.203. The highest BCUT2D eigenvalue weighted by Crippen LogP contribution is 2.33. The lowest BCUT2D eigenvalue weighted by Crippen LogP contribution is -2.28. The topological polar surface area (TPSA) is 44.0 Å². The Kier molecular flexibility index (Phi) is 3.69. The molecule has 0 radical (unpaired) electrons. The predicted molar refractivity (Wildman–Crippen MR) is 78.4 cm³/mol. The minimum atomic E-state index is -0.203. The lowest BCUT2D eigenvalue weighted by Gasteiger charge is -2.21. The molecular weight excluding hydrogens is 255 g/mol. The van der Waals surface area contributed by atoms with E-state index in [4.69, 9.17) is 0 Å². The van der Waals surface area contributed by atoms with Gasteiger partial charge in [0.25, 0.3) is 0 Å².